The first-order chi connectivity index (χ1) is 9.35. The van der Waals surface area contributed by atoms with Crippen LogP contribution in [-0.4, -0.2) is 27.9 Å². The average molecular weight is 282 g/mol. The highest BCUT2D eigenvalue weighted by Gasteiger charge is 2.28. The van der Waals surface area contributed by atoms with E-state index in [0.717, 1.165) is 6.07 Å². The fourth-order valence-electron chi connectivity index (χ4n) is 1.48. The molecule has 0 fully saturated rings. The van der Waals surface area contributed by atoms with Gasteiger partial charge in [0.15, 0.2) is 0 Å². The molecule has 0 radical (unpaired) electrons. The number of aromatic nitrogens is 2. The smallest absolute Gasteiger partial charge is 0.335 e. The van der Waals surface area contributed by atoms with E-state index in [1.54, 1.807) is 13.8 Å². The standard InChI is InChI=1S/C13H12F2N2O3/c1-13(2,6-14)12-17-16-10(20-12)8-4-3-7(11(18)19)5-9(8)15/h3-5H,6H2,1-2H3,(H,18,19). The molecule has 1 aromatic heterocycles. The Morgan fingerprint density at radius 3 is 2.65 bits per heavy atom. The Hall–Kier alpha value is -2.31. The summed E-state index contributed by atoms with van der Waals surface area (Å²) in [5.74, 6) is -2.09. The van der Waals surface area contributed by atoms with Gasteiger partial charge in [-0.25, -0.2) is 13.6 Å². The Morgan fingerprint density at radius 1 is 1.40 bits per heavy atom. The molecule has 0 aliphatic rings. The van der Waals surface area contributed by atoms with E-state index in [4.69, 9.17) is 9.52 Å². The molecule has 1 N–H and O–H groups in total. The van der Waals surface area contributed by atoms with Crippen LogP contribution in [0, 0.1) is 5.82 Å². The molecule has 20 heavy (non-hydrogen) atoms. The van der Waals surface area contributed by atoms with Crippen LogP contribution in [0.2, 0.25) is 0 Å². The second kappa shape index (κ2) is 4.99. The van der Waals surface area contributed by atoms with E-state index in [-0.39, 0.29) is 22.9 Å². The molecule has 7 heteroatoms. The number of rotatable bonds is 4. The van der Waals surface area contributed by atoms with Gasteiger partial charge in [-0.1, -0.05) is 0 Å². The highest BCUT2D eigenvalue weighted by atomic mass is 19.1. The zero-order valence-electron chi connectivity index (χ0n) is 10.9. The molecule has 2 rings (SSSR count). The van der Waals surface area contributed by atoms with Gasteiger partial charge in [0, 0.05) is 0 Å². The van der Waals surface area contributed by atoms with Crippen LogP contribution in [0.5, 0.6) is 0 Å². The maximum absolute atomic E-state index is 13.8. The van der Waals surface area contributed by atoms with Crippen LogP contribution >= 0.6 is 0 Å². The third-order valence-electron chi connectivity index (χ3n) is 2.78. The fourth-order valence-corrected chi connectivity index (χ4v) is 1.48. The largest absolute Gasteiger partial charge is 0.478 e. The molecule has 0 unspecified atom stereocenters. The lowest BCUT2D eigenvalue weighted by atomic mass is 9.96. The van der Waals surface area contributed by atoms with Crippen molar-refractivity contribution < 1.29 is 23.1 Å². The lowest BCUT2D eigenvalue weighted by Gasteiger charge is -2.13. The van der Waals surface area contributed by atoms with Crippen molar-refractivity contribution in [3.8, 4) is 11.5 Å². The van der Waals surface area contributed by atoms with Crippen LogP contribution < -0.4 is 0 Å². The highest BCUT2D eigenvalue weighted by Crippen LogP contribution is 2.28. The predicted octanol–water partition coefficient (Wildman–Crippen LogP) is 2.82. The Bertz CT molecular complexity index is 653. The monoisotopic (exact) mass is 282 g/mol. The normalized spacial score (nSPS) is 11.6. The molecular formula is C13H12F2N2O3. The first kappa shape index (κ1) is 14.1. The number of carboxylic acid groups (broad SMARTS) is 1. The SMILES string of the molecule is CC(C)(CF)c1nnc(-c2ccc(C(=O)O)cc2F)o1. The Kier molecular flexibility index (Phi) is 3.52. The molecule has 2 aromatic rings. The summed E-state index contributed by atoms with van der Waals surface area (Å²) in [5, 5.41) is 16.1. The number of halogens is 2. The predicted molar refractivity (Wildman–Crippen MR) is 65.7 cm³/mol. The third-order valence-corrected chi connectivity index (χ3v) is 2.78. The molecule has 1 aromatic carbocycles. The summed E-state index contributed by atoms with van der Waals surface area (Å²) in [6, 6.07) is 3.32. The minimum Gasteiger partial charge on any atom is -0.478 e. The summed E-state index contributed by atoms with van der Waals surface area (Å²) < 4.78 is 31.9. The van der Waals surface area contributed by atoms with Crippen LogP contribution in [0.15, 0.2) is 22.6 Å². The first-order valence-corrected chi connectivity index (χ1v) is 5.78. The van der Waals surface area contributed by atoms with Crippen molar-refractivity contribution in [3.63, 3.8) is 0 Å². The minimum atomic E-state index is -1.24. The maximum atomic E-state index is 13.8. The molecule has 0 amide bonds. The Balaban J connectivity index is 2.40. The number of hydrogen-bond donors (Lipinski definition) is 1. The molecule has 106 valence electrons. The van der Waals surface area contributed by atoms with E-state index in [2.05, 4.69) is 10.2 Å². The van der Waals surface area contributed by atoms with Gasteiger partial charge in [-0.05, 0) is 32.0 Å². The van der Waals surface area contributed by atoms with Gasteiger partial charge in [0.1, 0.15) is 12.5 Å². The molecule has 0 aliphatic carbocycles. The van der Waals surface area contributed by atoms with Crippen molar-refractivity contribution in [3.05, 3.63) is 35.5 Å². The van der Waals surface area contributed by atoms with Gasteiger partial charge in [-0.3, -0.25) is 0 Å². The van der Waals surface area contributed by atoms with Gasteiger partial charge in [0.05, 0.1) is 16.5 Å². The van der Waals surface area contributed by atoms with Crippen molar-refractivity contribution in [1.82, 2.24) is 10.2 Å². The quantitative estimate of drug-likeness (QED) is 0.933. The Morgan fingerprint density at radius 2 is 2.10 bits per heavy atom. The van der Waals surface area contributed by atoms with Crippen molar-refractivity contribution in [2.75, 3.05) is 6.67 Å². The van der Waals surface area contributed by atoms with E-state index >= 15 is 0 Å². The number of nitrogens with zero attached hydrogens (tertiary/aromatic N) is 2. The van der Waals surface area contributed by atoms with Crippen LogP contribution in [0.1, 0.15) is 30.1 Å². The number of carbonyl (C=O) groups is 1. The van der Waals surface area contributed by atoms with E-state index in [9.17, 15) is 13.6 Å². The summed E-state index contributed by atoms with van der Waals surface area (Å²) >= 11 is 0. The van der Waals surface area contributed by atoms with Crippen molar-refractivity contribution in [1.29, 1.82) is 0 Å². The second-order valence-corrected chi connectivity index (χ2v) is 4.93. The molecular weight excluding hydrogens is 270 g/mol. The molecule has 0 saturated carbocycles. The summed E-state index contributed by atoms with van der Waals surface area (Å²) in [4.78, 5) is 10.7. The summed E-state index contributed by atoms with van der Waals surface area (Å²) in [6.45, 7) is 2.46. The Labute approximate surface area is 113 Å². The van der Waals surface area contributed by atoms with E-state index in [1.807, 2.05) is 0 Å². The average Bonchev–Trinajstić information content (AvgIpc) is 2.88. The molecule has 1 heterocycles. The van der Waals surface area contributed by atoms with Gasteiger partial charge in [0.2, 0.25) is 5.89 Å². The van der Waals surface area contributed by atoms with E-state index in [1.165, 1.54) is 12.1 Å². The van der Waals surface area contributed by atoms with Gasteiger partial charge in [-0.2, -0.15) is 0 Å². The number of alkyl halides is 1. The molecule has 0 bridgehead atoms. The summed E-state index contributed by atoms with van der Waals surface area (Å²) in [7, 11) is 0. The lowest BCUT2D eigenvalue weighted by Crippen LogP contribution is -2.20. The number of benzene rings is 1. The zero-order chi connectivity index (χ0) is 14.9. The first-order valence-electron chi connectivity index (χ1n) is 5.78. The molecule has 5 nitrogen and oxygen atoms in total. The van der Waals surface area contributed by atoms with Crippen LogP contribution in [0.25, 0.3) is 11.5 Å². The lowest BCUT2D eigenvalue weighted by molar-refractivity contribution is 0.0696. The number of hydrogen-bond acceptors (Lipinski definition) is 4. The molecule has 0 atom stereocenters. The molecule has 0 aliphatic heterocycles. The van der Waals surface area contributed by atoms with Crippen LogP contribution in [0.4, 0.5) is 8.78 Å². The topological polar surface area (TPSA) is 76.2 Å². The number of aromatic carboxylic acids is 1. The molecule has 0 saturated heterocycles. The third kappa shape index (κ3) is 2.52. The van der Waals surface area contributed by atoms with Crippen LogP contribution in [0.3, 0.4) is 0 Å². The van der Waals surface area contributed by atoms with E-state index < -0.39 is 23.9 Å². The van der Waals surface area contributed by atoms with Gasteiger partial charge < -0.3 is 9.52 Å². The van der Waals surface area contributed by atoms with Gasteiger partial charge in [-0.15, -0.1) is 10.2 Å². The number of carboxylic acids is 1. The van der Waals surface area contributed by atoms with Crippen molar-refractivity contribution >= 4 is 5.97 Å². The second-order valence-electron chi connectivity index (χ2n) is 4.93. The fraction of sp³-hybridized carbons (Fsp3) is 0.308. The molecule has 0 spiro atoms. The summed E-state index contributed by atoms with van der Waals surface area (Å²) in [5.41, 5.74) is -1.17. The zero-order valence-corrected chi connectivity index (χ0v) is 10.9. The van der Waals surface area contributed by atoms with Crippen molar-refractivity contribution in [2.45, 2.75) is 19.3 Å². The highest BCUT2D eigenvalue weighted by molar-refractivity contribution is 5.88. The minimum absolute atomic E-state index is 0.0246. The van der Waals surface area contributed by atoms with Gasteiger partial charge in [0.25, 0.3) is 5.89 Å². The van der Waals surface area contributed by atoms with Crippen molar-refractivity contribution in [2.24, 2.45) is 0 Å². The van der Waals surface area contributed by atoms with E-state index in [0.29, 0.717) is 0 Å². The van der Waals surface area contributed by atoms with Crippen LogP contribution in [-0.2, 0) is 5.41 Å². The summed E-state index contributed by atoms with van der Waals surface area (Å²) in [6.07, 6.45) is 0. The van der Waals surface area contributed by atoms with Gasteiger partial charge >= 0.3 is 5.97 Å². The maximum Gasteiger partial charge on any atom is 0.335 e.